The zero-order valence-corrected chi connectivity index (χ0v) is 35.6. The maximum absolute atomic E-state index is 14.5. The first-order valence-electron chi connectivity index (χ1n) is 21.2. The van der Waals surface area contributed by atoms with Gasteiger partial charge < -0.3 is 34.1 Å². The van der Waals surface area contributed by atoms with E-state index in [9.17, 15) is 24.3 Å². The van der Waals surface area contributed by atoms with E-state index in [1.165, 1.54) is 5.01 Å². The molecule has 60 heavy (non-hydrogen) atoms. The number of rotatable bonds is 8. The van der Waals surface area contributed by atoms with Gasteiger partial charge in [0.1, 0.15) is 17.8 Å². The van der Waals surface area contributed by atoms with Gasteiger partial charge in [-0.25, -0.2) is 10.2 Å². The summed E-state index contributed by atoms with van der Waals surface area (Å²) in [6.07, 6.45) is 5.21. The van der Waals surface area contributed by atoms with Gasteiger partial charge in [0.25, 0.3) is 11.8 Å². The summed E-state index contributed by atoms with van der Waals surface area (Å²) in [5.41, 5.74) is 9.81. The molecule has 5 heterocycles. The van der Waals surface area contributed by atoms with Gasteiger partial charge in [-0.05, 0) is 103 Å². The van der Waals surface area contributed by atoms with Crippen molar-refractivity contribution >= 4 is 34.8 Å². The van der Waals surface area contributed by atoms with Crippen molar-refractivity contribution in [3.05, 3.63) is 71.5 Å². The predicted molar refractivity (Wildman–Crippen MR) is 227 cm³/mol. The molecule has 2 aromatic carbocycles. The van der Waals surface area contributed by atoms with Crippen LogP contribution in [0.25, 0.3) is 33.3 Å². The van der Waals surface area contributed by atoms with E-state index < -0.39 is 47.5 Å². The number of esters is 1. The predicted octanol–water partition coefficient (Wildman–Crippen LogP) is 6.15. The van der Waals surface area contributed by atoms with Crippen LogP contribution in [-0.2, 0) is 54.6 Å². The van der Waals surface area contributed by atoms with Gasteiger partial charge in [-0.3, -0.25) is 24.4 Å². The Morgan fingerprint density at radius 1 is 1.05 bits per heavy atom. The van der Waals surface area contributed by atoms with Gasteiger partial charge in [-0.1, -0.05) is 39.8 Å². The Labute approximate surface area is 351 Å². The molecule has 0 radical (unpaired) electrons. The lowest BCUT2D eigenvalue weighted by molar-refractivity contribution is -0.155. The van der Waals surface area contributed by atoms with E-state index in [4.69, 9.17) is 14.2 Å². The fourth-order valence-corrected chi connectivity index (χ4v) is 8.76. The fraction of sp³-hybridized carbons (Fsp3) is 0.500. The summed E-state index contributed by atoms with van der Waals surface area (Å²) in [5, 5.41) is 16.5. The zero-order chi connectivity index (χ0) is 42.7. The van der Waals surface area contributed by atoms with E-state index in [0.717, 1.165) is 57.3 Å². The summed E-state index contributed by atoms with van der Waals surface area (Å²) in [7, 11) is 1.68. The number of aryl methyl sites for hydroxylation is 1. The van der Waals surface area contributed by atoms with Crippen LogP contribution in [0.15, 0.2) is 54.9 Å². The van der Waals surface area contributed by atoms with E-state index in [2.05, 4.69) is 53.2 Å². The maximum Gasteiger partial charge on any atom is 0.410 e. The fourth-order valence-electron chi connectivity index (χ4n) is 8.76. The van der Waals surface area contributed by atoms with Crippen molar-refractivity contribution in [2.24, 2.45) is 11.3 Å². The van der Waals surface area contributed by atoms with Crippen LogP contribution in [0, 0.1) is 11.3 Å². The molecule has 2 saturated heterocycles. The number of pyridine rings is 1. The molecule has 320 valence electrons. The number of cyclic esters (lactones) is 1. The number of nitrogens with zero attached hydrogens (tertiary/aromatic N) is 4. The molecule has 0 aliphatic carbocycles. The van der Waals surface area contributed by atoms with Crippen LogP contribution in [0.4, 0.5) is 4.79 Å². The lowest BCUT2D eigenvalue weighted by atomic mass is 9.84. The number of phenols is 1. The summed E-state index contributed by atoms with van der Waals surface area (Å²) in [4.78, 5) is 61.5. The van der Waals surface area contributed by atoms with E-state index in [1.807, 2.05) is 24.4 Å². The largest absolute Gasteiger partial charge is 0.508 e. The number of benzene rings is 2. The SMILES string of the molecule is CCn1c(-c2cnccc2COC)c2c3cc(ccc31)-c1cc(O)cc(c1)C[C@H](NC(=O)[C@@H](OC(=O)N1CCCC1)C(C)C)C(=O)N1CCC[C@H](N1)C(=O)OCC(C)(C)C2. The number of hydrogen-bond acceptors (Lipinski definition) is 10. The molecule has 0 saturated carbocycles. The summed E-state index contributed by atoms with van der Waals surface area (Å²) in [5.74, 6) is -1.93. The average Bonchev–Trinajstić information content (AvgIpc) is 3.88. The molecular weight excluding hydrogens is 765 g/mol. The highest BCUT2D eigenvalue weighted by molar-refractivity contribution is 5.96. The van der Waals surface area contributed by atoms with Gasteiger partial charge in [-0.15, -0.1) is 0 Å². The van der Waals surface area contributed by atoms with Crippen LogP contribution in [0.1, 0.15) is 77.0 Å². The standard InChI is InChI=1S/C46H58N6O8/c1-7-51-39-13-12-30-23-34(39)35(40(51)36-25-47-15-14-31(36)26-58-6)24-46(4,5)27-59-44(56)37-11-10-18-52(49-37)43(55)38(21-29-19-32(30)22-33(53)20-29)48-42(54)41(28(2)3)60-45(57)50-16-8-9-17-50/h12-15,19-20,22-23,25,28,37-38,41,49,53H,7-11,16-18,21,24,26-27H2,1-6H3,(H,48,54)/t37-,38-,41-/m0/s1. The van der Waals surface area contributed by atoms with Crippen LogP contribution in [0.2, 0.25) is 0 Å². The van der Waals surface area contributed by atoms with Crippen molar-refractivity contribution in [2.45, 2.75) is 104 Å². The van der Waals surface area contributed by atoms with Gasteiger partial charge >= 0.3 is 12.1 Å². The van der Waals surface area contributed by atoms with Crippen LogP contribution >= 0.6 is 0 Å². The Hall–Kier alpha value is -5.47. The molecular formula is C46H58N6O8. The third-order valence-electron chi connectivity index (χ3n) is 11.8. The number of hydrazine groups is 1. The van der Waals surface area contributed by atoms with Crippen molar-refractivity contribution in [3.8, 4) is 28.1 Å². The first-order chi connectivity index (χ1) is 28.8. The lowest BCUT2D eigenvalue weighted by Gasteiger charge is -2.36. The third kappa shape index (κ3) is 9.14. The Morgan fingerprint density at radius 3 is 2.57 bits per heavy atom. The zero-order valence-electron chi connectivity index (χ0n) is 35.6. The van der Waals surface area contributed by atoms with Crippen molar-refractivity contribution in [1.29, 1.82) is 0 Å². The molecule has 3 aliphatic rings. The molecule has 3 amide bonds. The highest BCUT2D eigenvalue weighted by Crippen LogP contribution is 2.41. The number of nitrogens with one attached hydrogen (secondary N) is 2. The number of hydrogen-bond donors (Lipinski definition) is 3. The molecule has 14 heteroatoms. The summed E-state index contributed by atoms with van der Waals surface area (Å²) in [6, 6.07) is 11.5. The topological polar surface area (TPSA) is 165 Å². The minimum atomic E-state index is -1.16. The minimum absolute atomic E-state index is 0.000718. The van der Waals surface area contributed by atoms with Gasteiger partial charge in [0.05, 0.1) is 18.9 Å². The number of carbonyl (C=O) groups excluding carboxylic acids is 4. The molecule has 0 unspecified atom stereocenters. The van der Waals surface area contributed by atoms with E-state index in [0.29, 0.717) is 57.6 Å². The Morgan fingerprint density at radius 2 is 1.83 bits per heavy atom. The molecule has 3 N–H and O–H groups in total. The first-order valence-corrected chi connectivity index (χ1v) is 21.2. The molecule has 14 nitrogen and oxygen atoms in total. The number of aromatic nitrogens is 2. The number of ether oxygens (including phenoxy) is 3. The first kappa shape index (κ1) is 42.6. The summed E-state index contributed by atoms with van der Waals surface area (Å²) in [6.45, 7) is 12.5. The quantitative estimate of drug-likeness (QED) is 0.176. The normalized spacial score (nSPS) is 20.2. The highest BCUT2D eigenvalue weighted by Gasteiger charge is 2.37. The number of likely N-dealkylation sites (tertiary alicyclic amines) is 1. The van der Waals surface area contributed by atoms with E-state index >= 15 is 0 Å². The Balaban J connectivity index is 1.33. The van der Waals surface area contributed by atoms with Crippen LogP contribution in [0.5, 0.6) is 5.75 Å². The van der Waals surface area contributed by atoms with Gasteiger partial charge in [0, 0.05) is 74.0 Å². The molecule has 3 atom stereocenters. The van der Waals surface area contributed by atoms with Crippen LogP contribution < -0.4 is 10.7 Å². The number of carbonyl (C=O) groups is 4. The number of methoxy groups -OCH3 is 1. The number of fused-ring (bicyclic) bond motifs is 6. The average molecular weight is 823 g/mol. The van der Waals surface area contributed by atoms with Crippen LogP contribution in [0.3, 0.4) is 0 Å². The Bertz CT molecular complexity index is 2240. The number of phenolic OH excluding ortho intramolecular Hbond substituents is 1. The van der Waals surface area contributed by atoms with E-state index in [-0.39, 0.29) is 24.7 Å². The summed E-state index contributed by atoms with van der Waals surface area (Å²) >= 11 is 0. The van der Waals surface area contributed by atoms with Crippen molar-refractivity contribution in [2.75, 3.05) is 33.4 Å². The van der Waals surface area contributed by atoms with Gasteiger partial charge in [0.2, 0.25) is 0 Å². The van der Waals surface area contributed by atoms with Crippen molar-refractivity contribution in [1.82, 2.24) is 30.2 Å². The number of amides is 3. The third-order valence-corrected chi connectivity index (χ3v) is 11.8. The molecule has 2 fully saturated rings. The Kier molecular flexibility index (Phi) is 12.8. The molecule has 4 aromatic rings. The van der Waals surface area contributed by atoms with Gasteiger partial charge in [-0.2, -0.15) is 0 Å². The van der Waals surface area contributed by atoms with Crippen molar-refractivity contribution in [3.63, 3.8) is 0 Å². The second-order valence-electron chi connectivity index (χ2n) is 17.4. The van der Waals surface area contributed by atoms with Crippen LogP contribution in [-0.4, -0.2) is 100.0 Å². The monoisotopic (exact) mass is 822 g/mol. The number of aromatic hydroxyl groups is 1. The highest BCUT2D eigenvalue weighted by atomic mass is 16.6. The second-order valence-corrected chi connectivity index (χ2v) is 17.4. The maximum atomic E-state index is 14.5. The summed E-state index contributed by atoms with van der Waals surface area (Å²) < 4.78 is 19.7. The minimum Gasteiger partial charge on any atom is -0.508 e. The molecule has 2 aromatic heterocycles. The molecule has 6 bridgehead atoms. The molecule has 7 rings (SSSR count). The lowest BCUT2D eigenvalue weighted by Crippen LogP contribution is -2.61. The van der Waals surface area contributed by atoms with Gasteiger partial charge in [0.15, 0.2) is 6.10 Å². The molecule has 3 aliphatic heterocycles. The molecule has 0 spiro atoms. The second kappa shape index (κ2) is 18.0. The van der Waals surface area contributed by atoms with E-state index in [1.54, 1.807) is 44.2 Å². The van der Waals surface area contributed by atoms with Crippen molar-refractivity contribution < 1.29 is 38.5 Å². The smallest absolute Gasteiger partial charge is 0.410 e.